The fraction of sp³-hybridized carbons (Fsp3) is 0.632. The van der Waals surface area contributed by atoms with Gasteiger partial charge in [0.25, 0.3) is 0 Å². The molecule has 1 aliphatic carbocycles. The summed E-state index contributed by atoms with van der Waals surface area (Å²) in [5.41, 5.74) is 8.71. The molecule has 2 N–H and O–H groups in total. The third-order valence-electron chi connectivity index (χ3n) is 5.24. The van der Waals surface area contributed by atoms with Crippen molar-refractivity contribution < 1.29 is 4.79 Å². The van der Waals surface area contributed by atoms with Gasteiger partial charge in [0.1, 0.15) is 0 Å². The monoisotopic (exact) mass is 315 g/mol. The number of amides is 1. The summed E-state index contributed by atoms with van der Waals surface area (Å²) >= 11 is 0. The topological polar surface area (TPSA) is 49.6 Å². The minimum Gasteiger partial charge on any atom is -0.340 e. The van der Waals surface area contributed by atoms with Gasteiger partial charge in [-0.25, -0.2) is 0 Å². The Morgan fingerprint density at radius 3 is 2.70 bits per heavy atom. The number of piperazine rings is 1. The van der Waals surface area contributed by atoms with Crippen molar-refractivity contribution in [1.82, 2.24) is 9.80 Å². The number of aryl methyl sites for hydroxylation is 1. The second-order valence-electron chi connectivity index (χ2n) is 7.21. The van der Waals surface area contributed by atoms with E-state index in [4.69, 9.17) is 5.73 Å². The highest BCUT2D eigenvalue weighted by molar-refractivity contribution is 5.79. The molecule has 0 bridgehead atoms. The van der Waals surface area contributed by atoms with Crippen molar-refractivity contribution in [1.29, 1.82) is 0 Å². The van der Waals surface area contributed by atoms with Gasteiger partial charge in [-0.05, 0) is 31.7 Å². The molecule has 1 aromatic rings. The van der Waals surface area contributed by atoms with E-state index >= 15 is 0 Å². The molecule has 2 atom stereocenters. The number of nitrogens with zero attached hydrogens (tertiary/aromatic N) is 2. The highest BCUT2D eigenvalue weighted by atomic mass is 16.2. The fourth-order valence-corrected chi connectivity index (χ4v) is 3.91. The van der Waals surface area contributed by atoms with E-state index in [0.29, 0.717) is 5.91 Å². The van der Waals surface area contributed by atoms with E-state index in [1.54, 1.807) is 0 Å². The Morgan fingerprint density at radius 1 is 1.22 bits per heavy atom. The molecule has 4 heteroatoms. The van der Waals surface area contributed by atoms with Crippen molar-refractivity contribution in [2.45, 2.75) is 45.2 Å². The first-order valence-corrected chi connectivity index (χ1v) is 8.94. The van der Waals surface area contributed by atoms with Crippen LogP contribution in [-0.2, 0) is 11.3 Å². The molecule has 0 aromatic heterocycles. The van der Waals surface area contributed by atoms with Crippen LogP contribution in [0.5, 0.6) is 0 Å². The zero-order chi connectivity index (χ0) is 16.2. The molecule has 0 spiro atoms. The normalized spacial score (nSPS) is 26.3. The lowest BCUT2D eigenvalue weighted by molar-refractivity contribution is -0.138. The molecule has 2 aliphatic rings. The third kappa shape index (κ3) is 4.33. The molecule has 1 aromatic carbocycles. The summed E-state index contributed by atoms with van der Waals surface area (Å²) in [5.74, 6) is 0.512. The van der Waals surface area contributed by atoms with Crippen LogP contribution in [0.4, 0.5) is 0 Å². The highest BCUT2D eigenvalue weighted by Gasteiger charge is 2.30. The minimum atomic E-state index is 0.169. The van der Waals surface area contributed by atoms with Crippen LogP contribution in [0.2, 0.25) is 0 Å². The number of rotatable bonds is 3. The molecular weight excluding hydrogens is 286 g/mol. The molecule has 1 saturated heterocycles. The fourth-order valence-electron chi connectivity index (χ4n) is 3.91. The van der Waals surface area contributed by atoms with Crippen LogP contribution in [-0.4, -0.2) is 47.9 Å². The van der Waals surface area contributed by atoms with Gasteiger partial charge in [-0.3, -0.25) is 9.69 Å². The molecule has 1 heterocycles. The van der Waals surface area contributed by atoms with Crippen LogP contribution in [0, 0.1) is 12.8 Å². The number of benzene rings is 1. The van der Waals surface area contributed by atoms with Crippen molar-refractivity contribution in [3.8, 4) is 0 Å². The van der Waals surface area contributed by atoms with Crippen LogP contribution < -0.4 is 5.73 Å². The molecule has 2 fully saturated rings. The Labute approximate surface area is 139 Å². The van der Waals surface area contributed by atoms with Crippen molar-refractivity contribution >= 4 is 5.91 Å². The SMILES string of the molecule is Cc1cccc(CN2CCN(C(=O)C3CCCC(N)C3)CC2)c1. The maximum absolute atomic E-state index is 12.7. The first kappa shape index (κ1) is 16.5. The van der Waals surface area contributed by atoms with Crippen LogP contribution >= 0.6 is 0 Å². The third-order valence-corrected chi connectivity index (χ3v) is 5.24. The Bertz CT molecular complexity index is 537. The molecule has 23 heavy (non-hydrogen) atoms. The van der Waals surface area contributed by atoms with E-state index in [9.17, 15) is 4.79 Å². The number of carbonyl (C=O) groups is 1. The lowest BCUT2D eigenvalue weighted by Gasteiger charge is -2.37. The lowest BCUT2D eigenvalue weighted by Crippen LogP contribution is -2.50. The van der Waals surface area contributed by atoms with E-state index < -0.39 is 0 Å². The summed E-state index contributed by atoms with van der Waals surface area (Å²) in [6, 6.07) is 8.92. The number of carbonyl (C=O) groups excluding carboxylic acids is 1. The van der Waals surface area contributed by atoms with Crippen molar-refractivity contribution in [2.24, 2.45) is 11.7 Å². The van der Waals surface area contributed by atoms with Gasteiger partial charge in [-0.1, -0.05) is 36.2 Å². The van der Waals surface area contributed by atoms with E-state index in [-0.39, 0.29) is 12.0 Å². The predicted molar refractivity (Wildman–Crippen MR) is 93.0 cm³/mol. The summed E-state index contributed by atoms with van der Waals surface area (Å²) in [5, 5.41) is 0. The van der Waals surface area contributed by atoms with E-state index in [1.165, 1.54) is 11.1 Å². The molecule has 1 amide bonds. The lowest BCUT2D eigenvalue weighted by atomic mass is 9.85. The largest absolute Gasteiger partial charge is 0.340 e. The molecule has 126 valence electrons. The van der Waals surface area contributed by atoms with Crippen molar-refractivity contribution in [2.75, 3.05) is 26.2 Å². The van der Waals surface area contributed by atoms with Gasteiger partial charge in [0.05, 0.1) is 0 Å². The van der Waals surface area contributed by atoms with E-state index in [1.807, 2.05) is 0 Å². The Morgan fingerprint density at radius 2 is 2.00 bits per heavy atom. The molecule has 2 unspecified atom stereocenters. The molecule has 3 rings (SSSR count). The van der Waals surface area contributed by atoms with Gasteiger partial charge in [-0.15, -0.1) is 0 Å². The summed E-state index contributed by atoms with van der Waals surface area (Å²) in [4.78, 5) is 17.2. The van der Waals surface area contributed by atoms with Crippen molar-refractivity contribution in [3.05, 3.63) is 35.4 Å². The molecular formula is C19H29N3O. The Kier molecular flexibility index (Phi) is 5.34. The molecule has 1 aliphatic heterocycles. The van der Waals surface area contributed by atoms with Gasteiger partial charge < -0.3 is 10.6 Å². The van der Waals surface area contributed by atoms with Crippen LogP contribution in [0.25, 0.3) is 0 Å². The number of nitrogens with two attached hydrogens (primary N) is 1. The van der Waals surface area contributed by atoms with Gasteiger partial charge in [-0.2, -0.15) is 0 Å². The average Bonchev–Trinajstić information content (AvgIpc) is 2.55. The van der Waals surface area contributed by atoms with E-state index in [0.717, 1.165) is 58.4 Å². The molecule has 0 radical (unpaired) electrons. The first-order valence-electron chi connectivity index (χ1n) is 8.94. The van der Waals surface area contributed by atoms with Crippen LogP contribution in [0.15, 0.2) is 24.3 Å². The summed E-state index contributed by atoms with van der Waals surface area (Å²) in [7, 11) is 0. The standard InChI is InChI=1S/C19H29N3O/c1-15-4-2-5-16(12-15)14-21-8-10-22(11-9-21)19(23)17-6-3-7-18(20)13-17/h2,4-5,12,17-18H,3,6-11,13-14,20H2,1H3. The Balaban J connectivity index is 1.49. The summed E-state index contributed by atoms with van der Waals surface area (Å²) in [6.07, 6.45) is 4.08. The molecule has 4 nitrogen and oxygen atoms in total. The summed E-state index contributed by atoms with van der Waals surface area (Å²) < 4.78 is 0. The Hall–Kier alpha value is -1.39. The second kappa shape index (κ2) is 7.45. The maximum atomic E-state index is 12.7. The predicted octanol–water partition coefficient (Wildman–Crippen LogP) is 2.16. The van der Waals surface area contributed by atoms with Gasteiger partial charge in [0.15, 0.2) is 0 Å². The highest BCUT2D eigenvalue weighted by Crippen LogP contribution is 2.25. The van der Waals surface area contributed by atoms with Crippen molar-refractivity contribution in [3.63, 3.8) is 0 Å². The quantitative estimate of drug-likeness (QED) is 0.930. The van der Waals surface area contributed by atoms with Crippen LogP contribution in [0.1, 0.15) is 36.8 Å². The van der Waals surface area contributed by atoms with Crippen LogP contribution in [0.3, 0.4) is 0 Å². The van der Waals surface area contributed by atoms with Gasteiger partial charge in [0.2, 0.25) is 5.91 Å². The first-order chi connectivity index (χ1) is 11.1. The van der Waals surface area contributed by atoms with Gasteiger partial charge in [0, 0.05) is 44.7 Å². The smallest absolute Gasteiger partial charge is 0.225 e. The zero-order valence-corrected chi connectivity index (χ0v) is 14.2. The van der Waals surface area contributed by atoms with Gasteiger partial charge >= 0.3 is 0 Å². The summed E-state index contributed by atoms with van der Waals surface area (Å²) in [6.45, 7) is 6.77. The molecule has 1 saturated carbocycles. The van der Waals surface area contributed by atoms with E-state index in [2.05, 4.69) is 41.0 Å². The number of hydrogen-bond acceptors (Lipinski definition) is 3. The average molecular weight is 315 g/mol. The zero-order valence-electron chi connectivity index (χ0n) is 14.2. The number of hydrogen-bond donors (Lipinski definition) is 1. The maximum Gasteiger partial charge on any atom is 0.225 e. The second-order valence-corrected chi connectivity index (χ2v) is 7.21. The minimum absolute atomic E-state index is 0.169.